The third-order valence-electron chi connectivity index (χ3n) is 3.53. The van der Waals surface area contributed by atoms with Crippen molar-refractivity contribution in [2.75, 3.05) is 19.7 Å². The van der Waals surface area contributed by atoms with Crippen LogP contribution < -0.4 is 0 Å². The number of aliphatic hydroxyl groups is 1. The van der Waals surface area contributed by atoms with Gasteiger partial charge in [-0.3, -0.25) is 4.90 Å². The van der Waals surface area contributed by atoms with Gasteiger partial charge in [0, 0.05) is 37.2 Å². The molecule has 122 valence electrons. The molecule has 0 saturated carbocycles. The van der Waals surface area contributed by atoms with Gasteiger partial charge in [-0.25, -0.2) is 11.4 Å². The molecule has 0 aromatic carbocycles. The maximum absolute atomic E-state index is 10.7. The summed E-state index contributed by atoms with van der Waals surface area (Å²) < 4.78 is 10.7. The van der Waals surface area contributed by atoms with Crippen molar-refractivity contribution < 1.29 is 55.3 Å². The molecular weight excluding hydrogens is 536 g/mol. The van der Waals surface area contributed by atoms with Gasteiger partial charge in [0.1, 0.15) is 12.4 Å². The zero-order valence-electron chi connectivity index (χ0n) is 12.1. The van der Waals surface area contributed by atoms with Crippen LogP contribution in [0.1, 0.15) is 29.2 Å². The largest absolute Gasteiger partial charge is 0.566 e. The molecule has 0 bridgehead atoms. The van der Waals surface area contributed by atoms with Crippen molar-refractivity contribution in [1.29, 1.82) is 0 Å². The monoisotopic (exact) mass is 554 g/mol. The van der Waals surface area contributed by atoms with Gasteiger partial charge in [0.25, 0.3) is 0 Å². The van der Waals surface area contributed by atoms with Crippen LogP contribution in [-0.4, -0.2) is 52.2 Å². The van der Waals surface area contributed by atoms with Crippen molar-refractivity contribution in [3.8, 4) is 0 Å². The SMILES string of the molecule is O=C(O)c1ccc(COC[C@H]2[C@@H](Cl)CCN2CC[CH-]O)o1.[U]. The number of hydrogen-bond acceptors (Lipinski definition) is 5. The molecular formula is C14H19ClNO5U-. The minimum atomic E-state index is -1.09. The van der Waals surface area contributed by atoms with Gasteiger partial charge < -0.3 is 19.4 Å². The fraction of sp³-hybridized carbons (Fsp3) is 0.571. The average Bonchev–Trinajstić information content (AvgIpc) is 3.05. The Bertz CT molecular complexity index is 470. The van der Waals surface area contributed by atoms with E-state index in [2.05, 4.69) is 4.90 Å². The van der Waals surface area contributed by atoms with E-state index in [1.165, 1.54) is 6.07 Å². The first-order chi connectivity index (χ1) is 10.1. The molecule has 0 amide bonds. The predicted molar refractivity (Wildman–Crippen MR) is 75.8 cm³/mol. The fourth-order valence-corrected chi connectivity index (χ4v) is 2.77. The molecule has 1 saturated heterocycles. The number of likely N-dealkylation sites (tertiary alicyclic amines) is 1. The molecule has 0 radical (unpaired) electrons. The summed E-state index contributed by atoms with van der Waals surface area (Å²) in [5.74, 6) is -0.708. The zero-order chi connectivity index (χ0) is 15.2. The standard InChI is InChI=1S/C14H19ClNO5.U/c15-11-4-6-16(5-1-7-17)12(11)9-20-8-10-2-3-13(21-10)14(18)19;/h2-3,7,11-12,17H,1,4-6,8-9H2,(H,18,19);/q-1;/t11-,12-;/m0./s1. The summed E-state index contributed by atoms with van der Waals surface area (Å²) in [6, 6.07) is 3.10. The van der Waals surface area contributed by atoms with E-state index < -0.39 is 5.97 Å². The Balaban J connectivity index is 0.00000242. The fourth-order valence-electron chi connectivity index (χ4n) is 2.44. The second-order valence-electron chi connectivity index (χ2n) is 4.97. The van der Waals surface area contributed by atoms with E-state index in [0.29, 0.717) is 18.8 Å². The molecule has 1 aromatic rings. The molecule has 2 atom stereocenters. The number of alkyl halides is 1. The first-order valence-electron chi connectivity index (χ1n) is 6.85. The minimum absolute atomic E-state index is 0. The molecule has 1 aliphatic heterocycles. The maximum atomic E-state index is 10.7. The number of halogens is 1. The summed E-state index contributed by atoms with van der Waals surface area (Å²) in [6.45, 7) is 3.45. The van der Waals surface area contributed by atoms with Crippen molar-refractivity contribution >= 4 is 17.6 Å². The summed E-state index contributed by atoms with van der Waals surface area (Å²) in [5, 5.41) is 17.6. The number of ether oxygens (including phenoxy) is 1. The summed E-state index contributed by atoms with van der Waals surface area (Å²) in [7, 11) is 0. The average molecular weight is 555 g/mol. The van der Waals surface area contributed by atoms with Crippen LogP contribution >= 0.6 is 11.6 Å². The van der Waals surface area contributed by atoms with Gasteiger partial charge in [0.05, 0.1) is 12.0 Å². The molecule has 1 aliphatic rings. The topological polar surface area (TPSA) is 83.1 Å². The van der Waals surface area contributed by atoms with E-state index in [-0.39, 0.29) is 54.9 Å². The van der Waals surface area contributed by atoms with Crippen LogP contribution in [0.5, 0.6) is 0 Å². The number of carboxylic acids is 1. The second kappa shape index (κ2) is 9.97. The molecule has 2 heterocycles. The normalized spacial score (nSPS) is 21.7. The summed E-state index contributed by atoms with van der Waals surface area (Å²) in [5.41, 5.74) is 0. The van der Waals surface area contributed by atoms with Crippen LogP contribution in [0, 0.1) is 37.7 Å². The molecule has 2 N–H and O–H groups in total. The Kier molecular flexibility index (Phi) is 9.07. The Hall–Kier alpha value is -0.0281. The predicted octanol–water partition coefficient (Wildman–Crippen LogP) is 2.10. The van der Waals surface area contributed by atoms with Crippen LogP contribution in [0.4, 0.5) is 0 Å². The third kappa shape index (κ3) is 5.56. The van der Waals surface area contributed by atoms with Crippen molar-refractivity contribution in [3.63, 3.8) is 0 Å². The number of furan rings is 1. The second-order valence-corrected chi connectivity index (χ2v) is 5.53. The van der Waals surface area contributed by atoms with Crippen molar-refractivity contribution in [2.45, 2.75) is 30.9 Å². The van der Waals surface area contributed by atoms with Gasteiger partial charge in [0.2, 0.25) is 5.76 Å². The van der Waals surface area contributed by atoms with E-state index in [4.69, 9.17) is 31.0 Å². The first-order valence-corrected chi connectivity index (χ1v) is 7.29. The summed E-state index contributed by atoms with van der Waals surface area (Å²) in [6.07, 6.45) is 1.49. The number of aromatic carboxylic acids is 1. The number of rotatable bonds is 8. The Morgan fingerprint density at radius 1 is 1.55 bits per heavy atom. The molecule has 0 aliphatic carbocycles. The van der Waals surface area contributed by atoms with E-state index in [1.807, 2.05) is 0 Å². The van der Waals surface area contributed by atoms with Crippen LogP contribution in [0.25, 0.3) is 0 Å². The van der Waals surface area contributed by atoms with Crippen molar-refractivity contribution in [2.24, 2.45) is 0 Å². The molecule has 0 unspecified atom stereocenters. The number of carbonyl (C=O) groups is 1. The summed E-state index contributed by atoms with van der Waals surface area (Å²) >= 11 is 6.28. The zero-order valence-corrected chi connectivity index (χ0v) is 17.0. The third-order valence-corrected chi connectivity index (χ3v) is 4.04. The Labute approximate surface area is 158 Å². The molecule has 1 aromatic heterocycles. The number of carboxylic acid groups (broad SMARTS) is 1. The van der Waals surface area contributed by atoms with Crippen molar-refractivity contribution in [1.82, 2.24) is 4.90 Å². The number of nitrogens with zero attached hydrogens (tertiary/aromatic N) is 1. The van der Waals surface area contributed by atoms with E-state index >= 15 is 0 Å². The van der Waals surface area contributed by atoms with Crippen LogP contribution in [0.15, 0.2) is 16.5 Å². The van der Waals surface area contributed by atoms with Crippen molar-refractivity contribution in [3.05, 3.63) is 30.3 Å². The molecule has 22 heavy (non-hydrogen) atoms. The van der Waals surface area contributed by atoms with Gasteiger partial charge in [-0.1, -0.05) is 0 Å². The molecule has 2 rings (SSSR count). The van der Waals surface area contributed by atoms with Gasteiger partial charge in [-0.15, -0.1) is 18.0 Å². The van der Waals surface area contributed by atoms with Crippen LogP contribution in [0.2, 0.25) is 0 Å². The Morgan fingerprint density at radius 2 is 2.32 bits per heavy atom. The Morgan fingerprint density at radius 3 is 2.95 bits per heavy atom. The van der Waals surface area contributed by atoms with Gasteiger partial charge in [0.15, 0.2) is 0 Å². The van der Waals surface area contributed by atoms with Crippen LogP contribution in [-0.2, 0) is 11.3 Å². The van der Waals surface area contributed by atoms with E-state index in [1.54, 1.807) is 6.07 Å². The number of aliphatic hydroxyl groups excluding tert-OH is 1. The quantitative estimate of drug-likeness (QED) is 0.378. The van der Waals surface area contributed by atoms with Gasteiger partial charge in [-0.05, 0) is 31.6 Å². The van der Waals surface area contributed by atoms with E-state index in [0.717, 1.165) is 26.1 Å². The molecule has 1 fully saturated rings. The van der Waals surface area contributed by atoms with Gasteiger partial charge >= 0.3 is 5.97 Å². The first kappa shape index (κ1) is 20.0. The van der Waals surface area contributed by atoms with Gasteiger partial charge in [-0.2, -0.15) is 0 Å². The smallest absolute Gasteiger partial charge is 0.371 e. The molecule has 6 nitrogen and oxygen atoms in total. The maximum Gasteiger partial charge on any atom is 0.371 e. The van der Waals surface area contributed by atoms with Crippen LogP contribution in [0.3, 0.4) is 0 Å². The molecule has 8 heteroatoms. The molecule has 0 spiro atoms. The minimum Gasteiger partial charge on any atom is -0.566 e. The number of hydrogen-bond donors (Lipinski definition) is 2. The van der Waals surface area contributed by atoms with E-state index in [9.17, 15) is 4.79 Å². The summed E-state index contributed by atoms with van der Waals surface area (Å²) in [4.78, 5) is 12.9.